The van der Waals surface area contributed by atoms with Crippen LogP contribution >= 0.6 is 11.6 Å². The number of carbonyl (C=O) groups excluding carboxylic acids is 1. The minimum atomic E-state index is -0.310. The number of benzene rings is 1. The Morgan fingerprint density at radius 2 is 2.23 bits per heavy atom. The summed E-state index contributed by atoms with van der Waals surface area (Å²) in [5.41, 5.74) is 6.53. The topological polar surface area (TPSA) is 46.3 Å². The highest BCUT2D eigenvalue weighted by atomic mass is 35.5. The van der Waals surface area contributed by atoms with E-state index in [0.717, 1.165) is 25.8 Å². The van der Waals surface area contributed by atoms with E-state index in [2.05, 4.69) is 0 Å². The van der Waals surface area contributed by atoms with Crippen LogP contribution in [-0.2, 0) is 4.79 Å². The summed E-state index contributed by atoms with van der Waals surface area (Å²) < 4.78 is 14.0. The number of amides is 1. The summed E-state index contributed by atoms with van der Waals surface area (Å²) in [6.07, 6.45) is 3.78. The summed E-state index contributed by atoms with van der Waals surface area (Å²) in [6.45, 7) is 2.72. The molecule has 2 fully saturated rings. The molecule has 2 N–H and O–H groups in total. The van der Waals surface area contributed by atoms with Crippen molar-refractivity contribution >= 4 is 17.5 Å². The first-order valence-electron chi connectivity index (χ1n) is 8.00. The van der Waals surface area contributed by atoms with Gasteiger partial charge >= 0.3 is 0 Å². The highest BCUT2D eigenvalue weighted by Crippen LogP contribution is 2.51. The van der Waals surface area contributed by atoms with E-state index in [1.54, 1.807) is 12.1 Å². The Labute approximate surface area is 135 Å². The first-order chi connectivity index (χ1) is 10.5. The van der Waals surface area contributed by atoms with Crippen molar-refractivity contribution in [2.45, 2.75) is 50.6 Å². The third-order valence-corrected chi connectivity index (χ3v) is 5.25. The van der Waals surface area contributed by atoms with Crippen LogP contribution in [-0.4, -0.2) is 29.4 Å². The van der Waals surface area contributed by atoms with Gasteiger partial charge < -0.3 is 10.6 Å². The number of likely N-dealkylation sites (tertiary alicyclic amines) is 1. The molecule has 3 rings (SSSR count). The number of piperidine rings is 1. The van der Waals surface area contributed by atoms with E-state index in [4.69, 9.17) is 17.3 Å². The normalized spacial score (nSPS) is 29.3. The SMILES string of the molecule is CC(N)C1CCCCN1C(=O)C1CC1c1c(F)cccc1Cl. The van der Waals surface area contributed by atoms with Gasteiger partial charge in [0.15, 0.2) is 0 Å². The molecule has 0 bridgehead atoms. The Kier molecular flexibility index (Phi) is 4.42. The van der Waals surface area contributed by atoms with Crippen LogP contribution < -0.4 is 5.73 Å². The molecular formula is C17H22ClFN2O. The molecule has 120 valence electrons. The lowest BCUT2D eigenvalue weighted by Gasteiger charge is -2.38. The van der Waals surface area contributed by atoms with Gasteiger partial charge in [-0.05, 0) is 44.7 Å². The molecule has 0 spiro atoms. The minimum Gasteiger partial charge on any atom is -0.338 e. The van der Waals surface area contributed by atoms with Crippen LogP contribution in [0.25, 0.3) is 0 Å². The van der Waals surface area contributed by atoms with Crippen molar-refractivity contribution in [3.8, 4) is 0 Å². The number of halogens is 2. The predicted octanol–water partition coefficient (Wildman–Crippen LogP) is 3.31. The van der Waals surface area contributed by atoms with Crippen molar-refractivity contribution in [2.75, 3.05) is 6.54 Å². The van der Waals surface area contributed by atoms with Crippen molar-refractivity contribution in [3.05, 3.63) is 34.6 Å². The summed E-state index contributed by atoms with van der Waals surface area (Å²) in [5, 5.41) is 0.419. The third kappa shape index (κ3) is 2.86. The lowest BCUT2D eigenvalue weighted by molar-refractivity contribution is -0.136. The van der Waals surface area contributed by atoms with Crippen LogP contribution in [0, 0.1) is 11.7 Å². The Bertz CT molecular complexity index is 558. The molecule has 1 amide bonds. The third-order valence-electron chi connectivity index (χ3n) is 4.92. The number of nitrogens with zero attached hydrogens (tertiary/aromatic N) is 1. The summed E-state index contributed by atoms with van der Waals surface area (Å²) in [4.78, 5) is 14.7. The molecule has 1 aliphatic carbocycles. The van der Waals surface area contributed by atoms with Crippen LogP contribution in [0.15, 0.2) is 18.2 Å². The van der Waals surface area contributed by atoms with E-state index in [1.807, 2.05) is 11.8 Å². The maximum atomic E-state index is 14.0. The van der Waals surface area contributed by atoms with Crippen LogP contribution in [0.4, 0.5) is 4.39 Å². The second-order valence-electron chi connectivity index (χ2n) is 6.54. The molecule has 22 heavy (non-hydrogen) atoms. The molecule has 4 atom stereocenters. The van der Waals surface area contributed by atoms with Gasteiger partial charge in [-0.25, -0.2) is 4.39 Å². The molecule has 4 unspecified atom stereocenters. The molecule has 2 aliphatic rings. The van der Waals surface area contributed by atoms with Gasteiger partial charge in [-0.1, -0.05) is 17.7 Å². The second-order valence-corrected chi connectivity index (χ2v) is 6.95. The number of hydrogen-bond acceptors (Lipinski definition) is 2. The quantitative estimate of drug-likeness (QED) is 0.927. The minimum absolute atomic E-state index is 0.0292. The second kappa shape index (κ2) is 6.17. The zero-order valence-corrected chi connectivity index (χ0v) is 13.5. The molecule has 0 aromatic heterocycles. The highest BCUT2D eigenvalue weighted by molar-refractivity contribution is 6.31. The Morgan fingerprint density at radius 1 is 1.45 bits per heavy atom. The average molecular weight is 325 g/mol. The Hall–Kier alpha value is -1.13. The van der Waals surface area contributed by atoms with Crippen molar-refractivity contribution < 1.29 is 9.18 Å². The van der Waals surface area contributed by atoms with Gasteiger partial charge in [0.25, 0.3) is 0 Å². The fraction of sp³-hybridized carbons (Fsp3) is 0.588. The van der Waals surface area contributed by atoms with Crippen molar-refractivity contribution in [3.63, 3.8) is 0 Å². The molecule has 5 heteroatoms. The molecule has 1 saturated carbocycles. The average Bonchev–Trinajstić information content (AvgIpc) is 3.26. The van der Waals surface area contributed by atoms with Gasteiger partial charge in [-0.2, -0.15) is 0 Å². The maximum Gasteiger partial charge on any atom is 0.226 e. The van der Waals surface area contributed by atoms with E-state index < -0.39 is 0 Å². The van der Waals surface area contributed by atoms with Crippen LogP contribution in [0.5, 0.6) is 0 Å². The molecular weight excluding hydrogens is 303 g/mol. The molecule has 1 aliphatic heterocycles. The zero-order chi connectivity index (χ0) is 15.9. The van der Waals surface area contributed by atoms with E-state index >= 15 is 0 Å². The molecule has 1 aromatic rings. The van der Waals surface area contributed by atoms with Gasteiger partial charge in [-0.15, -0.1) is 0 Å². The summed E-state index contributed by atoms with van der Waals surface area (Å²) in [5.74, 6) is -0.424. The van der Waals surface area contributed by atoms with E-state index in [9.17, 15) is 9.18 Å². The van der Waals surface area contributed by atoms with Gasteiger partial charge in [0, 0.05) is 41.1 Å². The molecule has 0 radical (unpaired) electrons. The molecule has 3 nitrogen and oxygen atoms in total. The maximum absolute atomic E-state index is 14.0. The highest BCUT2D eigenvalue weighted by Gasteiger charge is 2.49. The van der Waals surface area contributed by atoms with E-state index in [-0.39, 0.29) is 35.6 Å². The van der Waals surface area contributed by atoms with Crippen molar-refractivity contribution in [2.24, 2.45) is 11.7 Å². The fourth-order valence-corrected chi connectivity index (χ4v) is 3.95. The van der Waals surface area contributed by atoms with Crippen LogP contribution in [0.1, 0.15) is 44.1 Å². The van der Waals surface area contributed by atoms with Crippen molar-refractivity contribution in [1.82, 2.24) is 4.90 Å². The first kappa shape index (κ1) is 15.8. The smallest absolute Gasteiger partial charge is 0.226 e. The van der Waals surface area contributed by atoms with Gasteiger partial charge in [0.05, 0.1) is 0 Å². The van der Waals surface area contributed by atoms with E-state index in [1.165, 1.54) is 6.07 Å². The lowest BCUT2D eigenvalue weighted by Crippen LogP contribution is -2.52. The summed E-state index contributed by atoms with van der Waals surface area (Å²) in [6, 6.07) is 4.77. The Balaban J connectivity index is 1.75. The lowest BCUT2D eigenvalue weighted by atomic mass is 9.96. The largest absolute Gasteiger partial charge is 0.338 e. The molecule has 1 heterocycles. The number of rotatable bonds is 3. The predicted molar refractivity (Wildman–Crippen MR) is 85.3 cm³/mol. The number of carbonyl (C=O) groups is 1. The van der Waals surface area contributed by atoms with Crippen LogP contribution in [0.3, 0.4) is 0 Å². The van der Waals surface area contributed by atoms with E-state index in [0.29, 0.717) is 17.0 Å². The zero-order valence-electron chi connectivity index (χ0n) is 12.8. The molecule has 1 aromatic carbocycles. The molecule has 1 saturated heterocycles. The first-order valence-corrected chi connectivity index (χ1v) is 8.38. The Morgan fingerprint density at radius 3 is 2.91 bits per heavy atom. The van der Waals surface area contributed by atoms with Gasteiger partial charge in [0.2, 0.25) is 5.91 Å². The number of nitrogens with two attached hydrogens (primary N) is 1. The van der Waals surface area contributed by atoms with Gasteiger partial charge in [0.1, 0.15) is 5.82 Å². The summed E-state index contributed by atoms with van der Waals surface area (Å²) >= 11 is 6.11. The monoisotopic (exact) mass is 324 g/mol. The van der Waals surface area contributed by atoms with Crippen LogP contribution in [0.2, 0.25) is 5.02 Å². The fourth-order valence-electron chi connectivity index (χ4n) is 3.64. The standard InChI is InChI=1S/C17H22ClFN2O/c1-10(20)15-7-2-3-8-21(15)17(22)12-9-11(12)16-13(18)5-4-6-14(16)19/h4-6,10-12,15H,2-3,7-9,20H2,1H3. The summed E-state index contributed by atoms with van der Waals surface area (Å²) in [7, 11) is 0. The van der Waals surface area contributed by atoms with Gasteiger partial charge in [-0.3, -0.25) is 4.79 Å². The number of hydrogen-bond donors (Lipinski definition) is 1. The van der Waals surface area contributed by atoms with Crippen molar-refractivity contribution in [1.29, 1.82) is 0 Å².